The molecule has 0 radical (unpaired) electrons. The number of hydrogen-bond acceptors (Lipinski definition) is 4. The van der Waals surface area contributed by atoms with E-state index in [-0.39, 0.29) is 18.1 Å². The van der Waals surface area contributed by atoms with Crippen molar-refractivity contribution in [3.05, 3.63) is 12.2 Å². The highest BCUT2D eigenvalue weighted by Crippen LogP contribution is 2.21. The Hall–Kier alpha value is -0.910. The first kappa shape index (κ1) is 20.1. The van der Waals surface area contributed by atoms with E-state index in [1.807, 2.05) is 13.8 Å². The first-order valence-corrected chi connectivity index (χ1v) is 7.45. The lowest BCUT2D eigenvalue weighted by Crippen LogP contribution is -2.44. The largest absolute Gasteiger partial charge is 0.396 e. The van der Waals surface area contributed by atoms with Crippen LogP contribution in [0.5, 0.6) is 0 Å². The fourth-order valence-corrected chi connectivity index (χ4v) is 1.73. The van der Waals surface area contributed by atoms with Gasteiger partial charge in [0.2, 0.25) is 5.91 Å². The van der Waals surface area contributed by atoms with E-state index in [4.69, 9.17) is 9.84 Å². The molecular formula is C16H31NO4. The predicted molar refractivity (Wildman–Crippen MR) is 83.7 cm³/mol. The van der Waals surface area contributed by atoms with Gasteiger partial charge in [0.25, 0.3) is 0 Å². The number of carbonyl (C=O) groups is 1. The molecule has 1 atom stereocenters. The van der Waals surface area contributed by atoms with Crippen LogP contribution in [0.25, 0.3) is 0 Å². The van der Waals surface area contributed by atoms with Crippen LogP contribution in [-0.4, -0.2) is 52.6 Å². The summed E-state index contributed by atoms with van der Waals surface area (Å²) in [6, 6.07) is 0. The van der Waals surface area contributed by atoms with Crippen molar-refractivity contribution in [2.45, 2.75) is 58.8 Å². The number of aliphatic hydroxyl groups excluding tert-OH is 1. The molecule has 0 saturated carbocycles. The summed E-state index contributed by atoms with van der Waals surface area (Å²) in [6.45, 7) is 10.5. The molecule has 1 aliphatic rings. The Morgan fingerprint density at radius 2 is 2.00 bits per heavy atom. The van der Waals surface area contributed by atoms with Crippen LogP contribution >= 0.6 is 0 Å². The maximum absolute atomic E-state index is 11.3. The fourth-order valence-electron chi connectivity index (χ4n) is 1.73. The molecule has 5 nitrogen and oxygen atoms in total. The summed E-state index contributed by atoms with van der Waals surface area (Å²) in [5.74, 6) is 0.454. The minimum Gasteiger partial charge on any atom is -0.396 e. The van der Waals surface area contributed by atoms with E-state index >= 15 is 0 Å². The molecule has 0 fully saturated rings. The molecule has 0 saturated heterocycles. The predicted octanol–water partition coefficient (Wildman–Crippen LogP) is 1.93. The normalized spacial score (nSPS) is 21.8. The molecule has 0 aliphatic carbocycles. The van der Waals surface area contributed by atoms with Crippen LogP contribution in [0, 0.1) is 5.92 Å². The van der Waals surface area contributed by atoms with Gasteiger partial charge in [0.05, 0.1) is 5.60 Å². The van der Waals surface area contributed by atoms with E-state index in [1.54, 1.807) is 14.0 Å². The number of rotatable bonds is 6. The van der Waals surface area contributed by atoms with Crippen molar-refractivity contribution in [1.82, 2.24) is 4.90 Å². The molecule has 21 heavy (non-hydrogen) atoms. The van der Waals surface area contributed by atoms with Crippen molar-refractivity contribution in [3.8, 4) is 0 Å². The Kier molecular flexibility index (Phi) is 8.14. The number of aliphatic hydroxyl groups is 2. The Morgan fingerprint density at radius 1 is 1.43 bits per heavy atom. The molecule has 0 aromatic rings. The third kappa shape index (κ3) is 7.60. The number of hydrogen-bond donors (Lipinski definition) is 2. The zero-order valence-electron chi connectivity index (χ0n) is 14.2. The minimum absolute atomic E-state index is 0.0920. The van der Waals surface area contributed by atoms with Gasteiger partial charge in [0, 0.05) is 26.3 Å². The Labute approximate surface area is 128 Å². The summed E-state index contributed by atoms with van der Waals surface area (Å²) in [7, 11) is 1.65. The van der Waals surface area contributed by atoms with Crippen molar-refractivity contribution in [2.75, 3.05) is 20.3 Å². The first-order valence-electron chi connectivity index (χ1n) is 7.45. The summed E-state index contributed by atoms with van der Waals surface area (Å²) in [6.07, 6.45) is 4.59. The van der Waals surface area contributed by atoms with Crippen molar-refractivity contribution in [3.63, 3.8) is 0 Å². The van der Waals surface area contributed by atoms with E-state index in [1.165, 1.54) is 17.1 Å². The smallest absolute Gasteiger partial charge is 0.248 e. The van der Waals surface area contributed by atoms with Crippen LogP contribution in [0.3, 0.4) is 0 Å². The third-order valence-electron chi connectivity index (χ3n) is 3.55. The number of methoxy groups -OCH3 is 1. The Bertz CT molecular complexity index is 348. The summed E-state index contributed by atoms with van der Waals surface area (Å²) < 4.78 is 5.02. The molecule has 1 rings (SSSR count). The van der Waals surface area contributed by atoms with Gasteiger partial charge in [-0.1, -0.05) is 13.8 Å². The summed E-state index contributed by atoms with van der Waals surface area (Å²) in [5, 5.41) is 18.2. The van der Waals surface area contributed by atoms with Gasteiger partial charge in [-0.05, 0) is 45.6 Å². The van der Waals surface area contributed by atoms with Crippen LogP contribution in [0.1, 0.15) is 47.5 Å². The maximum atomic E-state index is 11.3. The SMILES string of the molecule is CC(C)CCN1C(=O)C=CC1(C)O.COC(C)(C)CCO. The summed E-state index contributed by atoms with van der Waals surface area (Å²) in [5.41, 5.74) is -1.24. The topological polar surface area (TPSA) is 70.0 Å². The molecular weight excluding hydrogens is 270 g/mol. The monoisotopic (exact) mass is 301 g/mol. The Balaban J connectivity index is 0.000000433. The molecule has 0 spiro atoms. The van der Waals surface area contributed by atoms with E-state index in [0.29, 0.717) is 18.9 Å². The van der Waals surface area contributed by atoms with Crippen LogP contribution < -0.4 is 0 Å². The lowest BCUT2D eigenvalue weighted by Gasteiger charge is -2.30. The summed E-state index contributed by atoms with van der Waals surface area (Å²) >= 11 is 0. The summed E-state index contributed by atoms with van der Waals surface area (Å²) in [4.78, 5) is 12.8. The second-order valence-electron chi connectivity index (χ2n) is 6.54. The highest BCUT2D eigenvalue weighted by molar-refractivity contribution is 5.91. The molecule has 1 heterocycles. The maximum Gasteiger partial charge on any atom is 0.248 e. The third-order valence-corrected chi connectivity index (χ3v) is 3.55. The molecule has 1 aliphatic heterocycles. The zero-order valence-corrected chi connectivity index (χ0v) is 14.2. The molecule has 0 bridgehead atoms. The quantitative estimate of drug-likeness (QED) is 0.786. The molecule has 0 aromatic carbocycles. The first-order chi connectivity index (χ1) is 9.55. The molecule has 1 amide bonds. The van der Waals surface area contributed by atoms with Crippen LogP contribution in [-0.2, 0) is 9.53 Å². The zero-order chi connectivity index (χ0) is 16.7. The van der Waals surface area contributed by atoms with Gasteiger partial charge in [0.1, 0.15) is 0 Å². The Morgan fingerprint density at radius 3 is 2.29 bits per heavy atom. The van der Waals surface area contributed by atoms with Gasteiger partial charge in [-0.3, -0.25) is 4.79 Å². The van der Waals surface area contributed by atoms with Crippen molar-refractivity contribution < 1.29 is 19.7 Å². The van der Waals surface area contributed by atoms with E-state index in [0.717, 1.165) is 6.42 Å². The van der Waals surface area contributed by atoms with Gasteiger partial charge < -0.3 is 19.8 Å². The van der Waals surface area contributed by atoms with Crippen LogP contribution in [0.4, 0.5) is 0 Å². The highest BCUT2D eigenvalue weighted by atomic mass is 16.5. The van der Waals surface area contributed by atoms with E-state index in [9.17, 15) is 9.90 Å². The second-order valence-corrected chi connectivity index (χ2v) is 6.54. The van der Waals surface area contributed by atoms with Gasteiger partial charge in [-0.15, -0.1) is 0 Å². The van der Waals surface area contributed by atoms with Gasteiger partial charge >= 0.3 is 0 Å². The van der Waals surface area contributed by atoms with Gasteiger partial charge in [-0.25, -0.2) is 0 Å². The lowest BCUT2D eigenvalue weighted by atomic mass is 10.1. The average Bonchev–Trinajstić information content (AvgIpc) is 2.62. The average molecular weight is 301 g/mol. The minimum atomic E-state index is -1.08. The lowest BCUT2D eigenvalue weighted by molar-refractivity contribution is -0.139. The molecule has 0 aromatic heterocycles. The van der Waals surface area contributed by atoms with Crippen LogP contribution in [0.15, 0.2) is 12.2 Å². The van der Waals surface area contributed by atoms with Crippen LogP contribution in [0.2, 0.25) is 0 Å². The van der Waals surface area contributed by atoms with Crippen molar-refractivity contribution in [1.29, 1.82) is 0 Å². The second kappa shape index (κ2) is 8.51. The molecule has 2 N–H and O–H groups in total. The highest BCUT2D eigenvalue weighted by Gasteiger charge is 2.34. The van der Waals surface area contributed by atoms with Crippen molar-refractivity contribution >= 4 is 5.91 Å². The molecule has 1 unspecified atom stereocenters. The number of nitrogens with zero attached hydrogens (tertiary/aromatic N) is 1. The van der Waals surface area contributed by atoms with E-state index < -0.39 is 5.72 Å². The van der Waals surface area contributed by atoms with Crippen molar-refractivity contribution in [2.24, 2.45) is 5.92 Å². The standard InChI is InChI=1S/C10H17NO2.C6H14O2/c1-8(2)5-7-11-9(12)4-6-10(11,3)13;1-6(2,8-3)4-5-7/h4,6,8,13H,5,7H2,1-3H3;7H,4-5H2,1-3H3. The molecule has 124 valence electrons. The number of amides is 1. The molecule has 5 heteroatoms. The fraction of sp³-hybridized carbons (Fsp3) is 0.812. The van der Waals surface area contributed by atoms with Gasteiger partial charge in [0.15, 0.2) is 5.72 Å². The number of carbonyl (C=O) groups excluding carboxylic acids is 1. The van der Waals surface area contributed by atoms with Gasteiger partial charge in [-0.2, -0.15) is 0 Å². The number of ether oxygens (including phenoxy) is 1. The van der Waals surface area contributed by atoms with E-state index in [2.05, 4.69) is 13.8 Å².